The maximum absolute atomic E-state index is 11.9. The molecule has 0 aliphatic heterocycles. The monoisotopic (exact) mass is 270 g/mol. The summed E-state index contributed by atoms with van der Waals surface area (Å²) in [6, 6.07) is 11.4. The van der Waals surface area contributed by atoms with E-state index in [1.165, 1.54) is 31.4 Å². The number of phenolic OH excluding ortho intramolecular Hbond substituents is 2. The van der Waals surface area contributed by atoms with Crippen LogP contribution in [0.1, 0.15) is 15.9 Å². The molecule has 2 N–H and O–H groups in total. The summed E-state index contributed by atoms with van der Waals surface area (Å²) in [6.07, 6.45) is 2.81. The standard InChI is InChI=1S/C16H14O4/c1-20-16-10-12(17)9-15(19)13(16)7-8-14(18)11-5-3-2-4-6-11/h2-10,17,19H,1H3. The molecule has 0 saturated carbocycles. The molecule has 102 valence electrons. The van der Waals surface area contributed by atoms with E-state index in [1.54, 1.807) is 24.3 Å². The van der Waals surface area contributed by atoms with Gasteiger partial charge in [0, 0.05) is 17.7 Å². The quantitative estimate of drug-likeness (QED) is 0.662. The highest BCUT2D eigenvalue weighted by atomic mass is 16.5. The van der Waals surface area contributed by atoms with Crippen LogP contribution in [0, 0.1) is 0 Å². The van der Waals surface area contributed by atoms with E-state index in [1.807, 2.05) is 6.07 Å². The molecule has 0 amide bonds. The van der Waals surface area contributed by atoms with Gasteiger partial charge in [-0.15, -0.1) is 0 Å². The summed E-state index contributed by atoms with van der Waals surface area (Å²) in [7, 11) is 1.42. The first kappa shape index (κ1) is 13.7. The number of hydrogen-bond acceptors (Lipinski definition) is 4. The van der Waals surface area contributed by atoms with Gasteiger partial charge in [-0.05, 0) is 12.2 Å². The lowest BCUT2D eigenvalue weighted by molar-refractivity contribution is 0.104. The van der Waals surface area contributed by atoms with Crippen LogP contribution in [-0.4, -0.2) is 23.1 Å². The molecule has 20 heavy (non-hydrogen) atoms. The molecule has 4 heteroatoms. The number of methoxy groups -OCH3 is 1. The van der Waals surface area contributed by atoms with Gasteiger partial charge in [0.1, 0.15) is 17.2 Å². The number of aromatic hydroxyl groups is 2. The summed E-state index contributed by atoms with van der Waals surface area (Å²) in [6.45, 7) is 0. The summed E-state index contributed by atoms with van der Waals surface area (Å²) < 4.78 is 5.06. The second-order valence-corrected chi connectivity index (χ2v) is 4.14. The van der Waals surface area contributed by atoms with Crippen molar-refractivity contribution in [3.05, 3.63) is 59.7 Å². The molecular weight excluding hydrogens is 256 g/mol. The van der Waals surface area contributed by atoms with Crippen LogP contribution in [0.4, 0.5) is 0 Å². The maximum Gasteiger partial charge on any atom is 0.185 e. The molecule has 0 fully saturated rings. The van der Waals surface area contributed by atoms with E-state index < -0.39 is 0 Å². The molecule has 2 aromatic rings. The minimum atomic E-state index is -0.180. The highest BCUT2D eigenvalue weighted by Gasteiger charge is 2.09. The Balaban J connectivity index is 2.30. The molecule has 2 aromatic carbocycles. The average Bonchev–Trinajstić information content (AvgIpc) is 2.46. The van der Waals surface area contributed by atoms with Gasteiger partial charge in [-0.2, -0.15) is 0 Å². The number of phenols is 2. The minimum absolute atomic E-state index is 0.106. The topological polar surface area (TPSA) is 66.8 Å². The van der Waals surface area contributed by atoms with Crippen LogP contribution < -0.4 is 4.74 Å². The van der Waals surface area contributed by atoms with Gasteiger partial charge in [-0.3, -0.25) is 4.79 Å². The molecule has 0 atom stereocenters. The van der Waals surface area contributed by atoms with E-state index in [2.05, 4.69) is 0 Å². The fraction of sp³-hybridized carbons (Fsp3) is 0.0625. The van der Waals surface area contributed by atoms with Gasteiger partial charge < -0.3 is 14.9 Å². The first-order valence-electron chi connectivity index (χ1n) is 5.99. The first-order chi connectivity index (χ1) is 9.61. The summed E-state index contributed by atoms with van der Waals surface area (Å²) in [4.78, 5) is 11.9. The van der Waals surface area contributed by atoms with E-state index in [0.717, 1.165) is 0 Å². The minimum Gasteiger partial charge on any atom is -0.508 e. The second kappa shape index (κ2) is 5.93. The lowest BCUT2D eigenvalue weighted by Gasteiger charge is -2.07. The summed E-state index contributed by atoms with van der Waals surface area (Å²) in [5, 5.41) is 19.2. The Morgan fingerprint density at radius 2 is 1.85 bits per heavy atom. The van der Waals surface area contributed by atoms with E-state index in [-0.39, 0.29) is 17.3 Å². The van der Waals surface area contributed by atoms with Crippen molar-refractivity contribution in [2.75, 3.05) is 7.11 Å². The third-order valence-electron chi connectivity index (χ3n) is 2.78. The van der Waals surface area contributed by atoms with E-state index in [0.29, 0.717) is 16.9 Å². The number of ether oxygens (including phenoxy) is 1. The fourth-order valence-corrected chi connectivity index (χ4v) is 1.79. The number of rotatable bonds is 4. The molecule has 0 spiro atoms. The zero-order valence-electron chi connectivity index (χ0n) is 10.9. The molecule has 2 rings (SSSR count). The molecule has 0 saturated heterocycles. The van der Waals surface area contributed by atoms with Crippen molar-refractivity contribution in [2.24, 2.45) is 0 Å². The Kier molecular flexibility index (Phi) is 4.05. The largest absolute Gasteiger partial charge is 0.508 e. The Bertz CT molecular complexity index is 645. The summed E-state index contributed by atoms with van der Waals surface area (Å²) in [5.74, 6) is -0.149. The third-order valence-corrected chi connectivity index (χ3v) is 2.78. The van der Waals surface area contributed by atoms with Gasteiger partial charge in [0.2, 0.25) is 0 Å². The predicted molar refractivity (Wildman–Crippen MR) is 76.1 cm³/mol. The van der Waals surface area contributed by atoms with Gasteiger partial charge in [0.25, 0.3) is 0 Å². The van der Waals surface area contributed by atoms with Crippen molar-refractivity contribution in [1.82, 2.24) is 0 Å². The van der Waals surface area contributed by atoms with Crippen molar-refractivity contribution < 1.29 is 19.7 Å². The summed E-state index contributed by atoms with van der Waals surface area (Å²) in [5.41, 5.74) is 0.899. The van der Waals surface area contributed by atoms with E-state index in [9.17, 15) is 15.0 Å². The molecule has 0 aliphatic rings. The predicted octanol–water partition coefficient (Wildman–Crippen LogP) is 3.00. The van der Waals surface area contributed by atoms with Crippen molar-refractivity contribution in [3.63, 3.8) is 0 Å². The zero-order chi connectivity index (χ0) is 14.5. The van der Waals surface area contributed by atoms with Crippen LogP contribution in [-0.2, 0) is 0 Å². The van der Waals surface area contributed by atoms with Gasteiger partial charge >= 0.3 is 0 Å². The van der Waals surface area contributed by atoms with E-state index in [4.69, 9.17) is 4.74 Å². The van der Waals surface area contributed by atoms with Crippen molar-refractivity contribution in [3.8, 4) is 17.2 Å². The first-order valence-corrected chi connectivity index (χ1v) is 5.99. The molecule has 0 bridgehead atoms. The lowest BCUT2D eigenvalue weighted by Crippen LogP contribution is -1.93. The molecule has 0 radical (unpaired) electrons. The van der Waals surface area contributed by atoms with Crippen LogP contribution >= 0.6 is 0 Å². The smallest absolute Gasteiger partial charge is 0.185 e. The number of benzene rings is 2. The van der Waals surface area contributed by atoms with Crippen LogP contribution in [0.2, 0.25) is 0 Å². The Morgan fingerprint density at radius 3 is 2.50 bits per heavy atom. The number of hydrogen-bond donors (Lipinski definition) is 2. The number of carbonyl (C=O) groups excluding carboxylic acids is 1. The van der Waals surface area contributed by atoms with Gasteiger partial charge in [0.15, 0.2) is 5.78 Å². The molecular formula is C16H14O4. The van der Waals surface area contributed by atoms with Crippen LogP contribution in [0.15, 0.2) is 48.5 Å². The van der Waals surface area contributed by atoms with Crippen LogP contribution in [0.3, 0.4) is 0 Å². The molecule has 0 aromatic heterocycles. The molecule has 0 aliphatic carbocycles. The lowest BCUT2D eigenvalue weighted by atomic mass is 10.1. The fourth-order valence-electron chi connectivity index (χ4n) is 1.79. The normalized spacial score (nSPS) is 10.7. The zero-order valence-corrected chi connectivity index (χ0v) is 10.9. The molecule has 0 unspecified atom stereocenters. The Hall–Kier alpha value is -2.75. The summed E-state index contributed by atoms with van der Waals surface area (Å²) >= 11 is 0. The second-order valence-electron chi connectivity index (χ2n) is 4.14. The third kappa shape index (κ3) is 2.98. The van der Waals surface area contributed by atoms with Crippen LogP contribution in [0.5, 0.6) is 17.2 Å². The van der Waals surface area contributed by atoms with Crippen molar-refractivity contribution in [1.29, 1.82) is 0 Å². The Labute approximate surface area is 116 Å². The number of allylic oxidation sites excluding steroid dienone is 1. The molecule has 4 nitrogen and oxygen atoms in total. The SMILES string of the molecule is COc1cc(O)cc(O)c1C=CC(=O)c1ccccc1. The van der Waals surface area contributed by atoms with Crippen LogP contribution in [0.25, 0.3) is 6.08 Å². The molecule has 0 heterocycles. The van der Waals surface area contributed by atoms with Crippen molar-refractivity contribution >= 4 is 11.9 Å². The average molecular weight is 270 g/mol. The maximum atomic E-state index is 11.9. The van der Waals surface area contributed by atoms with E-state index >= 15 is 0 Å². The van der Waals surface area contributed by atoms with Gasteiger partial charge in [0.05, 0.1) is 12.7 Å². The highest BCUT2D eigenvalue weighted by Crippen LogP contribution is 2.33. The van der Waals surface area contributed by atoms with Gasteiger partial charge in [-0.25, -0.2) is 0 Å². The van der Waals surface area contributed by atoms with Crippen molar-refractivity contribution in [2.45, 2.75) is 0 Å². The van der Waals surface area contributed by atoms with Gasteiger partial charge in [-0.1, -0.05) is 30.3 Å². The number of ketones is 1. The number of carbonyl (C=O) groups is 1. The highest BCUT2D eigenvalue weighted by molar-refractivity contribution is 6.07. The Morgan fingerprint density at radius 1 is 1.15 bits per heavy atom.